The van der Waals surface area contributed by atoms with E-state index in [1.165, 1.54) is 0 Å². The van der Waals surface area contributed by atoms with Crippen LogP contribution in [0.15, 0.2) is 30.0 Å². The Bertz CT molecular complexity index is 335. The molecule has 0 aromatic rings. The first kappa shape index (κ1) is 15.2. The maximum atomic E-state index is 12.7. The third-order valence-electron chi connectivity index (χ3n) is 3.40. The van der Waals surface area contributed by atoms with Crippen LogP contribution in [0.4, 0.5) is 4.39 Å². The molecule has 0 aliphatic heterocycles. The van der Waals surface area contributed by atoms with Crippen LogP contribution < -0.4 is 0 Å². The lowest BCUT2D eigenvalue weighted by Gasteiger charge is -2.29. The Labute approximate surface area is 110 Å². The summed E-state index contributed by atoms with van der Waals surface area (Å²) in [5.41, 5.74) is 3.29. The van der Waals surface area contributed by atoms with Gasteiger partial charge >= 0.3 is 0 Å². The molecular formula is C16H25FO. The first-order chi connectivity index (χ1) is 8.42. The Hall–Kier alpha value is -0.850. The Balaban J connectivity index is 2.56. The molecule has 0 aromatic heterocycles. The van der Waals surface area contributed by atoms with Gasteiger partial charge < -0.3 is 4.74 Å². The molecule has 2 unspecified atom stereocenters. The van der Waals surface area contributed by atoms with Gasteiger partial charge in [-0.05, 0) is 30.4 Å². The highest BCUT2D eigenvalue weighted by Crippen LogP contribution is 2.31. The molecule has 102 valence electrons. The van der Waals surface area contributed by atoms with Gasteiger partial charge in [-0.1, -0.05) is 32.9 Å². The van der Waals surface area contributed by atoms with Crippen molar-refractivity contribution in [3.05, 3.63) is 30.0 Å². The summed E-state index contributed by atoms with van der Waals surface area (Å²) in [5, 5.41) is 0. The van der Waals surface area contributed by atoms with Crippen molar-refractivity contribution in [2.45, 2.75) is 40.3 Å². The maximum Gasteiger partial charge on any atom is 0.0995 e. The Morgan fingerprint density at radius 2 is 2.11 bits per heavy atom. The van der Waals surface area contributed by atoms with Crippen molar-refractivity contribution in [3.63, 3.8) is 0 Å². The van der Waals surface area contributed by atoms with Gasteiger partial charge in [0.05, 0.1) is 12.8 Å². The molecule has 0 bridgehead atoms. The lowest BCUT2D eigenvalue weighted by atomic mass is 9.77. The SMILES string of the molecule is CC1C=C=CC(COCC[C@@H](C)F)C(C)(C)/C=C\1. The molecule has 0 spiro atoms. The normalized spacial score (nSPS) is 29.6. The van der Waals surface area contributed by atoms with E-state index < -0.39 is 6.17 Å². The number of hydrogen-bond acceptors (Lipinski definition) is 1. The summed E-state index contributed by atoms with van der Waals surface area (Å²) in [5.74, 6) is 0.710. The second-order valence-corrected chi connectivity index (χ2v) is 5.79. The first-order valence-corrected chi connectivity index (χ1v) is 6.75. The number of allylic oxidation sites excluding steroid dienone is 2. The molecule has 1 aliphatic carbocycles. The molecular weight excluding hydrogens is 227 g/mol. The predicted octanol–water partition coefficient (Wildman–Crippen LogP) is 4.31. The van der Waals surface area contributed by atoms with E-state index in [2.05, 4.69) is 50.8 Å². The van der Waals surface area contributed by atoms with Crippen molar-refractivity contribution in [2.24, 2.45) is 17.3 Å². The summed E-state index contributed by atoms with van der Waals surface area (Å²) in [4.78, 5) is 0. The highest BCUT2D eigenvalue weighted by molar-refractivity contribution is 5.11. The zero-order valence-corrected chi connectivity index (χ0v) is 11.9. The third kappa shape index (κ3) is 5.20. The summed E-state index contributed by atoms with van der Waals surface area (Å²) < 4.78 is 18.2. The van der Waals surface area contributed by atoms with Gasteiger partial charge in [0.2, 0.25) is 0 Å². The molecule has 0 amide bonds. The van der Waals surface area contributed by atoms with Crippen molar-refractivity contribution in [3.8, 4) is 0 Å². The monoisotopic (exact) mass is 252 g/mol. The van der Waals surface area contributed by atoms with E-state index in [-0.39, 0.29) is 11.3 Å². The van der Waals surface area contributed by atoms with E-state index >= 15 is 0 Å². The van der Waals surface area contributed by atoms with E-state index in [1.54, 1.807) is 6.92 Å². The molecule has 0 radical (unpaired) electrons. The molecule has 0 heterocycles. The summed E-state index contributed by atoms with van der Waals surface area (Å²) in [7, 11) is 0. The molecule has 0 fully saturated rings. The molecule has 1 nitrogen and oxygen atoms in total. The number of halogens is 1. The number of rotatable bonds is 5. The van der Waals surface area contributed by atoms with E-state index in [1.807, 2.05) is 0 Å². The van der Waals surface area contributed by atoms with E-state index in [0.29, 0.717) is 25.6 Å². The highest BCUT2D eigenvalue weighted by atomic mass is 19.1. The Morgan fingerprint density at radius 3 is 2.78 bits per heavy atom. The minimum Gasteiger partial charge on any atom is -0.381 e. The summed E-state index contributed by atoms with van der Waals surface area (Å²) in [6.45, 7) is 9.22. The average molecular weight is 252 g/mol. The van der Waals surface area contributed by atoms with Crippen molar-refractivity contribution in [1.82, 2.24) is 0 Å². The summed E-state index contributed by atoms with van der Waals surface area (Å²) in [6.07, 6.45) is 8.28. The average Bonchev–Trinajstić information content (AvgIpc) is 2.27. The van der Waals surface area contributed by atoms with Crippen LogP contribution >= 0.6 is 0 Å². The van der Waals surface area contributed by atoms with Gasteiger partial charge in [-0.2, -0.15) is 0 Å². The van der Waals surface area contributed by atoms with E-state index in [9.17, 15) is 4.39 Å². The van der Waals surface area contributed by atoms with Crippen molar-refractivity contribution in [1.29, 1.82) is 0 Å². The topological polar surface area (TPSA) is 9.23 Å². The molecule has 18 heavy (non-hydrogen) atoms. The minimum absolute atomic E-state index is 0.0524. The van der Waals surface area contributed by atoms with Crippen molar-refractivity contribution < 1.29 is 9.13 Å². The molecule has 1 aliphatic rings. The minimum atomic E-state index is -0.786. The summed E-state index contributed by atoms with van der Waals surface area (Å²) >= 11 is 0. The van der Waals surface area contributed by atoms with Gasteiger partial charge in [0, 0.05) is 18.9 Å². The Kier molecular flexibility index (Phi) is 5.84. The molecule has 0 aromatic carbocycles. The fraction of sp³-hybridized carbons (Fsp3) is 0.688. The number of hydrogen-bond donors (Lipinski definition) is 0. The van der Waals surface area contributed by atoms with Crippen LogP contribution in [0.3, 0.4) is 0 Å². The first-order valence-electron chi connectivity index (χ1n) is 6.75. The quantitative estimate of drug-likeness (QED) is 0.402. The van der Waals surface area contributed by atoms with Crippen LogP contribution in [0.25, 0.3) is 0 Å². The van der Waals surface area contributed by atoms with Crippen LogP contribution in [0.1, 0.15) is 34.1 Å². The van der Waals surface area contributed by atoms with E-state index in [0.717, 1.165) is 0 Å². The largest absolute Gasteiger partial charge is 0.381 e. The number of ether oxygens (including phenoxy) is 1. The van der Waals surface area contributed by atoms with Gasteiger partial charge in [0.15, 0.2) is 0 Å². The van der Waals surface area contributed by atoms with Crippen LogP contribution in [0, 0.1) is 17.3 Å². The zero-order valence-electron chi connectivity index (χ0n) is 11.9. The third-order valence-corrected chi connectivity index (χ3v) is 3.40. The van der Waals surface area contributed by atoms with E-state index in [4.69, 9.17) is 4.74 Å². The van der Waals surface area contributed by atoms with Gasteiger partial charge in [-0.25, -0.2) is 4.39 Å². The van der Waals surface area contributed by atoms with Crippen LogP contribution in [0.5, 0.6) is 0 Å². The molecule has 0 N–H and O–H groups in total. The van der Waals surface area contributed by atoms with Crippen LogP contribution in [0.2, 0.25) is 0 Å². The highest BCUT2D eigenvalue weighted by Gasteiger charge is 2.25. The van der Waals surface area contributed by atoms with Crippen molar-refractivity contribution in [2.75, 3.05) is 13.2 Å². The Morgan fingerprint density at radius 1 is 1.39 bits per heavy atom. The predicted molar refractivity (Wildman–Crippen MR) is 74.2 cm³/mol. The van der Waals surface area contributed by atoms with Crippen LogP contribution in [-0.4, -0.2) is 19.4 Å². The fourth-order valence-corrected chi connectivity index (χ4v) is 1.84. The van der Waals surface area contributed by atoms with Gasteiger partial charge in [0.1, 0.15) is 0 Å². The lowest BCUT2D eigenvalue weighted by molar-refractivity contribution is 0.0723. The zero-order chi connectivity index (χ0) is 13.6. The molecule has 0 saturated carbocycles. The standard InChI is InChI=1S/C16H25FO/c1-13-6-5-7-15(16(3,4)10-8-13)12-18-11-9-14(2)17/h6-8,10,13-15H,9,11-12H2,1-4H3/b10-8-/t5?,13?,14-,15?/m1/s1. The van der Waals surface area contributed by atoms with Crippen molar-refractivity contribution >= 4 is 0 Å². The number of alkyl halides is 1. The van der Waals surface area contributed by atoms with Gasteiger partial charge in [-0.3, -0.25) is 0 Å². The second kappa shape index (κ2) is 6.92. The van der Waals surface area contributed by atoms with Crippen LogP contribution in [-0.2, 0) is 4.74 Å². The lowest BCUT2D eigenvalue weighted by Crippen LogP contribution is -2.25. The maximum absolute atomic E-state index is 12.7. The van der Waals surface area contributed by atoms with Gasteiger partial charge in [0.25, 0.3) is 0 Å². The molecule has 3 atom stereocenters. The second-order valence-electron chi connectivity index (χ2n) is 5.79. The molecule has 1 rings (SSSR count). The fourth-order valence-electron chi connectivity index (χ4n) is 1.84. The molecule has 0 saturated heterocycles. The smallest absolute Gasteiger partial charge is 0.0995 e. The molecule has 2 heteroatoms. The summed E-state index contributed by atoms with van der Waals surface area (Å²) in [6, 6.07) is 0. The van der Waals surface area contributed by atoms with Gasteiger partial charge in [-0.15, -0.1) is 5.73 Å².